The number of rotatable bonds is 9. The van der Waals surface area contributed by atoms with E-state index in [2.05, 4.69) is 25.3 Å². The fourth-order valence-electron chi connectivity index (χ4n) is 3.49. The second-order valence-corrected chi connectivity index (χ2v) is 7.47. The maximum atomic E-state index is 14.0. The third-order valence-electron chi connectivity index (χ3n) is 5.19. The lowest BCUT2D eigenvalue weighted by Crippen LogP contribution is -2.16. The van der Waals surface area contributed by atoms with Crippen molar-refractivity contribution in [3.63, 3.8) is 0 Å². The number of aliphatic imine (C=N–C) groups is 1. The van der Waals surface area contributed by atoms with Crippen molar-refractivity contribution in [2.24, 2.45) is 10.7 Å². The fraction of sp³-hybridized carbons (Fsp3) is 0.174. The molecule has 13 heteroatoms. The Morgan fingerprint density at radius 1 is 1.19 bits per heavy atom. The molecule has 1 unspecified atom stereocenters. The monoisotopic (exact) mass is 504 g/mol. The number of nitrogens with one attached hydrogen (secondary N) is 4. The van der Waals surface area contributed by atoms with Crippen LogP contribution >= 0.6 is 0 Å². The van der Waals surface area contributed by atoms with Crippen molar-refractivity contribution in [2.75, 3.05) is 5.32 Å². The van der Waals surface area contributed by atoms with E-state index >= 15 is 0 Å². The van der Waals surface area contributed by atoms with Crippen LogP contribution in [-0.2, 0) is 6.18 Å². The summed E-state index contributed by atoms with van der Waals surface area (Å²) in [5.41, 5.74) is 7.67. The maximum absolute atomic E-state index is 14.0. The van der Waals surface area contributed by atoms with E-state index in [0.29, 0.717) is 29.6 Å². The minimum atomic E-state index is -4.71. The molecular formula is C23H21F5N8. The first kappa shape index (κ1) is 26.2. The molecule has 1 atom stereocenters. The standard InChI is InChI=1S/C23H21F5N8/c1-2-15(12(7-29)8-32-18-4-3-14(24)5-17(18)25)19-6-16(20(36-19)21(31)35-11-30)13-9-33-22(34-10-13)23(26,27)28/h3-11,15,29,32,36H,2H2,1H3,(H3,30,31,35)/b12-8+,29-7?. The summed E-state index contributed by atoms with van der Waals surface area (Å²) in [7, 11) is 0. The van der Waals surface area contributed by atoms with Crippen LogP contribution in [0, 0.1) is 22.5 Å². The largest absolute Gasteiger partial charge is 0.451 e. The summed E-state index contributed by atoms with van der Waals surface area (Å²) in [5, 5.41) is 17.8. The van der Waals surface area contributed by atoms with Gasteiger partial charge in [0.05, 0.1) is 11.4 Å². The Hall–Kier alpha value is -4.42. The molecule has 1 aromatic carbocycles. The summed E-state index contributed by atoms with van der Waals surface area (Å²) in [6, 6.07) is 4.63. The summed E-state index contributed by atoms with van der Waals surface area (Å²) in [6.07, 6.45) is 0.907. The van der Waals surface area contributed by atoms with Crippen molar-refractivity contribution in [2.45, 2.75) is 25.4 Å². The van der Waals surface area contributed by atoms with Gasteiger partial charge in [0.25, 0.3) is 0 Å². The van der Waals surface area contributed by atoms with Crippen molar-refractivity contribution >= 4 is 24.1 Å². The molecule has 8 nitrogen and oxygen atoms in total. The lowest BCUT2D eigenvalue weighted by molar-refractivity contribution is -0.144. The molecule has 0 aliphatic heterocycles. The highest BCUT2D eigenvalue weighted by Gasteiger charge is 2.34. The highest BCUT2D eigenvalue weighted by molar-refractivity contribution is 6.04. The molecular weight excluding hydrogens is 483 g/mol. The topological polar surface area (TPSA) is 140 Å². The van der Waals surface area contributed by atoms with Gasteiger partial charge in [0.1, 0.15) is 23.8 Å². The van der Waals surface area contributed by atoms with E-state index in [1.54, 1.807) is 6.07 Å². The highest BCUT2D eigenvalue weighted by Crippen LogP contribution is 2.33. The number of amidine groups is 1. The van der Waals surface area contributed by atoms with Crippen LogP contribution < -0.4 is 11.1 Å². The number of nitrogens with two attached hydrogens (primary N) is 1. The molecule has 6 N–H and O–H groups in total. The Morgan fingerprint density at radius 2 is 1.89 bits per heavy atom. The number of H-pyrrole nitrogens is 1. The van der Waals surface area contributed by atoms with Gasteiger partial charge in [-0.25, -0.2) is 23.7 Å². The minimum absolute atomic E-state index is 0.00253. The zero-order chi connectivity index (χ0) is 26.5. The van der Waals surface area contributed by atoms with Gasteiger partial charge >= 0.3 is 6.18 Å². The van der Waals surface area contributed by atoms with Gasteiger partial charge in [-0.15, -0.1) is 0 Å². The zero-order valence-corrected chi connectivity index (χ0v) is 18.8. The third-order valence-corrected chi connectivity index (χ3v) is 5.19. The lowest BCUT2D eigenvalue weighted by atomic mass is 9.93. The van der Waals surface area contributed by atoms with Crippen LogP contribution in [0.2, 0.25) is 0 Å². The van der Waals surface area contributed by atoms with Crippen molar-refractivity contribution in [3.05, 3.63) is 77.3 Å². The zero-order valence-electron chi connectivity index (χ0n) is 18.8. The summed E-state index contributed by atoms with van der Waals surface area (Å²) in [4.78, 5) is 13.6. The van der Waals surface area contributed by atoms with Crippen molar-refractivity contribution < 1.29 is 22.0 Å². The van der Waals surface area contributed by atoms with E-state index in [-0.39, 0.29) is 22.8 Å². The van der Waals surface area contributed by atoms with Crippen molar-refractivity contribution in [3.8, 4) is 11.1 Å². The van der Waals surface area contributed by atoms with Crippen molar-refractivity contribution in [1.29, 1.82) is 10.8 Å². The molecule has 0 bridgehead atoms. The maximum Gasteiger partial charge on any atom is 0.451 e. The second-order valence-electron chi connectivity index (χ2n) is 7.47. The van der Waals surface area contributed by atoms with E-state index in [1.807, 2.05) is 6.92 Å². The second kappa shape index (κ2) is 10.9. The molecule has 0 amide bonds. The Kier molecular flexibility index (Phi) is 7.92. The third kappa shape index (κ3) is 5.79. The van der Waals surface area contributed by atoms with Crippen LogP contribution in [0.5, 0.6) is 0 Å². The summed E-state index contributed by atoms with van der Waals surface area (Å²) >= 11 is 0. The molecule has 2 aromatic heterocycles. The van der Waals surface area contributed by atoms with E-state index < -0.39 is 29.6 Å². The number of benzene rings is 1. The lowest BCUT2D eigenvalue weighted by Gasteiger charge is -2.15. The van der Waals surface area contributed by atoms with E-state index in [0.717, 1.165) is 30.7 Å². The van der Waals surface area contributed by atoms with Crippen LogP contribution in [0.15, 0.2) is 53.4 Å². The van der Waals surface area contributed by atoms with Gasteiger partial charge in [0.15, 0.2) is 0 Å². The van der Waals surface area contributed by atoms with Crippen LogP contribution in [-0.4, -0.2) is 33.3 Å². The number of nitrogens with zero attached hydrogens (tertiary/aromatic N) is 3. The first-order chi connectivity index (χ1) is 17.1. The number of allylic oxidation sites excluding steroid dienone is 1. The molecule has 36 heavy (non-hydrogen) atoms. The Morgan fingerprint density at radius 3 is 2.44 bits per heavy atom. The number of anilines is 1. The van der Waals surface area contributed by atoms with Gasteiger partial charge in [0, 0.05) is 53.6 Å². The van der Waals surface area contributed by atoms with Crippen LogP contribution in [0.4, 0.5) is 27.6 Å². The van der Waals surface area contributed by atoms with E-state index in [4.69, 9.17) is 16.6 Å². The SMILES string of the molecule is CCC(/C(C=N)=C/Nc1ccc(F)cc1F)c1cc(-c2cnc(C(F)(F)F)nc2)c(/C(N)=N\C=N)[nH]1. The normalized spacial score (nSPS) is 13.4. The number of halogens is 5. The van der Waals surface area contributed by atoms with Gasteiger partial charge in [0.2, 0.25) is 5.82 Å². The van der Waals surface area contributed by atoms with Gasteiger partial charge in [-0.05, 0) is 30.2 Å². The molecule has 0 fully saturated rings. The first-order valence-corrected chi connectivity index (χ1v) is 10.5. The molecule has 0 spiro atoms. The molecule has 3 aromatic rings. The molecule has 188 valence electrons. The van der Waals surface area contributed by atoms with Gasteiger partial charge in [-0.2, -0.15) is 13.2 Å². The number of hydrogen-bond acceptors (Lipinski definition) is 5. The number of aromatic nitrogens is 3. The van der Waals surface area contributed by atoms with Crippen molar-refractivity contribution in [1.82, 2.24) is 15.0 Å². The molecule has 0 saturated heterocycles. The molecule has 3 rings (SSSR count). The van der Waals surface area contributed by atoms with Crippen LogP contribution in [0.3, 0.4) is 0 Å². The number of hydrogen-bond donors (Lipinski definition) is 5. The number of aromatic amines is 1. The summed E-state index contributed by atoms with van der Waals surface area (Å²) in [6.45, 7) is 1.83. The Balaban J connectivity index is 2.04. The van der Waals surface area contributed by atoms with Gasteiger partial charge in [-0.1, -0.05) is 6.92 Å². The van der Waals surface area contributed by atoms with Crippen LogP contribution in [0.1, 0.15) is 36.5 Å². The molecule has 2 heterocycles. The molecule has 0 aliphatic carbocycles. The fourth-order valence-corrected chi connectivity index (χ4v) is 3.49. The minimum Gasteiger partial charge on any atom is -0.382 e. The average Bonchev–Trinajstić information content (AvgIpc) is 3.27. The Labute approximate surface area is 202 Å². The molecule has 0 radical (unpaired) electrons. The van der Waals surface area contributed by atoms with Gasteiger partial charge in [-0.3, -0.25) is 5.41 Å². The predicted molar refractivity (Wildman–Crippen MR) is 126 cm³/mol. The highest BCUT2D eigenvalue weighted by atomic mass is 19.4. The Bertz CT molecular complexity index is 1310. The predicted octanol–water partition coefficient (Wildman–Crippen LogP) is 5.22. The molecule has 0 saturated carbocycles. The number of alkyl halides is 3. The summed E-state index contributed by atoms with van der Waals surface area (Å²) < 4.78 is 65.8. The van der Waals surface area contributed by atoms with Crippen LogP contribution in [0.25, 0.3) is 11.1 Å². The average molecular weight is 504 g/mol. The quantitative estimate of drug-likeness (QED) is 0.155. The van der Waals surface area contributed by atoms with E-state index in [1.165, 1.54) is 12.3 Å². The molecule has 0 aliphatic rings. The van der Waals surface area contributed by atoms with Gasteiger partial charge < -0.3 is 21.4 Å². The van der Waals surface area contributed by atoms with E-state index in [9.17, 15) is 22.0 Å². The summed E-state index contributed by atoms with van der Waals surface area (Å²) in [5.74, 6) is -3.42. The smallest absolute Gasteiger partial charge is 0.382 e. The first-order valence-electron chi connectivity index (χ1n) is 10.5.